The van der Waals surface area contributed by atoms with Crippen LogP contribution in [0.1, 0.15) is 30.1 Å². The number of aromatic nitrogens is 2. The van der Waals surface area contributed by atoms with Crippen LogP contribution in [0.2, 0.25) is 0 Å². The molecule has 1 N–H and O–H groups in total. The van der Waals surface area contributed by atoms with Crippen LogP contribution in [0.15, 0.2) is 6.33 Å². The van der Waals surface area contributed by atoms with E-state index in [1.54, 1.807) is 6.33 Å². The summed E-state index contributed by atoms with van der Waals surface area (Å²) in [6, 6.07) is 0. The number of hydrogen-bond donors (Lipinski definition) is 1. The molecule has 1 atom stereocenters. The number of rotatable bonds is 1. The van der Waals surface area contributed by atoms with Crippen molar-refractivity contribution in [2.75, 3.05) is 0 Å². The van der Waals surface area contributed by atoms with Gasteiger partial charge in [-0.05, 0) is 19.3 Å². The van der Waals surface area contributed by atoms with Crippen molar-refractivity contribution >= 4 is 18.4 Å². The van der Waals surface area contributed by atoms with E-state index >= 15 is 0 Å². The van der Waals surface area contributed by atoms with Crippen molar-refractivity contribution < 1.29 is 9.90 Å². The van der Waals surface area contributed by atoms with Crippen LogP contribution in [0.25, 0.3) is 0 Å². The van der Waals surface area contributed by atoms with Crippen molar-refractivity contribution in [1.29, 1.82) is 0 Å². The first-order chi connectivity index (χ1) is 6.20. The summed E-state index contributed by atoms with van der Waals surface area (Å²) in [4.78, 5) is 15.0. The Morgan fingerprint density at radius 2 is 2.43 bits per heavy atom. The summed E-state index contributed by atoms with van der Waals surface area (Å²) in [5.74, 6) is -1.13. The van der Waals surface area contributed by atoms with Crippen LogP contribution in [0, 0.1) is 0 Å². The summed E-state index contributed by atoms with van der Waals surface area (Å²) in [5, 5.41) is 8.95. The predicted molar refractivity (Wildman–Crippen MR) is 53.8 cm³/mol. The van der Waals surface area contributed by atoms with Gasteiger partial charge in [-0.2, -0.15) is 0 Å². The normalized spacial score (nSPS) is 19.6. The zero-order valence-corrected chi connectivity index (χ0v) is 8.75. The molecule has 0 bridgehead atoms. The minimum atomic E-state index is -0.750. The van der Waals surface area contributed by atoms with Gasteiger partial charge in [-0.3, -0.25) is 4.79 Å². The number of fused-ring (bicyclic) bond motifs is 1. The Kier molecular flexibility index (Phi) is 3.16. The highest BCUT2D eigenvalue weighted by molar-refractivity contribution is 5.85. The Morgan fingerprint density at radius 1 is 1.71 bits per heavy atom. The van der Waals surface area contributed by atoms with Crippen LogP contribution in [0.5, 0.6) is 0 Å². The van der Waals surface area contributed by atoms with E-state index < -0.39 is 5.97 Å². The minimum Gasteiger partial charge on any atom is -0.481 e. The molecule has 0 radical (unpaired) electrons. The fourth-order valence-corrected chi connectivity index (χ4v) is 1.92. The third-order valence-corrected chi connectivity index (χ3v) is 2.63. The summed E-state index contributed by atoms with van der Waals surface area (Å²) in [6.45, 7) is 0. The number of carbonyl (C=O) groups is 1. The number of hydrogen-bond acceptors (Lipinski definition) is 2. The molecule has 0 aromatic carbocycles. The molecule has 4 nitrogen and oxygen atoms in total. The average molecular weight is 217 g/mol. The highest BCUT2D eigenvalue weighted by Crippen LogP contribution is 2.29. The number of aliphatic carboxylic acids is 1. The van der Waals surface area contributed by atoms with Gasteiger partial charge in [-0.25, -0.2) is 4.98 Å². The minimum absolute atomic E-state index is 0. The largest absolute Gasteiger partial charge is 0.481 e. The quantitative estimate of drug-likeness (QED) is 0.771. The van der Waals surface area contributed by atoms with Crippen LogP contribution < -0.4 is 0 Å². The highest BCUT2D eigenvalue weighted by atomic mass is 35.5. The Morgan fingerprint density at radius 3 is 3.07 bits per heavy atom. The molecular weight excluding hydrogens is 204 g/mol. The third kappa shape index (κ3) is 1.62. The molecular formula is C9H13ClN2O2. The zero-order chi connectivity index (χ0) is 9.42. The number of carboxylic acid groups (broad SMARTS) is 1. The molecule has 0 aliphatic heterocycles. The molecule has 0 saturated carbocycles. The smallest absolute Gasteiger partial charge is 0.312 e. The second kappa shape index (κ2) is 4.00. The number of halogens is 1. The van der Waals surface area contributed by atoms with Crippen molar-refractivity contribution in [3.63, 3.8) is 0 Å². The first-order valence-corrected chi connectivity index (χ1v) is 4.43. The molecule has 1 aliphatic carbocycles. The van der Waals surface area contributed by atoms with Crippen LogP contribution in [0.4, 0.5) is 0 Å². The summed E-state index contributed by atoms with van der Waals surface area (Å²) in [5.41, 5.74) is 1.85. The Balaban J connectivity index is 0.000000980. The maximum Gasteiger partial charge on any atom is 0.312 e. The Labute approximate surface area is 88.4 Å². The van der Waals surface area contributed by atoms with Gasteiger partial charge >= 0.3 is 5.97 Å². The van der Waals surface area contributed by atoms with Gasteiger partial charge in [0.1, 0.15) is 5.92 Å². The maximum absolute atomic E-state index is 10.9. The van der Waals surface area contributed by atoms with E-state index in [0.717, 1.165) is 30.7 Å². The molecule has 1 aromatic rings. The van der Waals surface area contributed by atoms with Crippen LogP contribution in [-0.2, 0) is 18.3 Å². The number of nitrogens with zero attached hydrogens (tertiary/aromatic N) is 2. The Hall–Kier alpha value is -1.03. The highest BCUT2D eigenvalue weighted by Gasteiger charge is 2.29. The maximum atomic E-state index is 10.9. The van der Waals surface area contributed by atoms with E-state index in [4.69, 9.17) is 5.11 Å². The molecule has 78 valence electrons. The van der Waals surface area contributed by atoms with E-state index in [0.29, 0.717) is 0 Å². The van der Waals surface area contributed by atoms with Crippen LogP contribution in [-0.4, -0.2) is 20.6 Å². The summed E-state index contributed by atoms with van der Waals surface area (Å²) in [6.07, 6.45) is 4.32. The van der Waals surface area contributed by atoms with Gasteiger partial charge in [0.25, 0.3) is 0 Å². The van der Waals surface area contributed by atoms with Crippen LogP contribution in [0.3, 0.4) is 0 Å². The lowest BCUT2D eigenvalue weighted by Gasteiger charge is -2.18. The van der Waals surface area contributed by atoms with Crippen molar-refractivity contribution in [3.8, 4) is 0 Å². The molecule has 0 fully saturated rings. The predicted octanol–water partition coefficient (Wildman–Crippen LogP) is 1.35. The van der Waals surface area contributed by atoms with Crippen molar-refractivity contribution in [1.82, 2.24) is 9.55 Å². The summed E-state index contributed by atoms with van der Waals surface area (Å²) >= 11 is 0. The molecule has 2 rings (SSSR count). The standard InChI is InChI=1S/C9H12N2O2.ClH/c1-11-5-10-8-6(9(12)13)3-2-4-7(8)11;/h5-6H,2-4H2,1H3,(H,12,13);1H. The molecule has 14 heavy (non-hydrogen) atoms. The SMILES string of the molecule is Cl.Cn1cnc2c1CCCC2C(=O)O. The lowest BCUT2D eigenvalue weighted by atomic mass is 9.90. The lowest BCUT2D eigenvalue weighted by molar-refractivity contribution is -0.139. The van der Waals surface area contributed by atoms with E-state index in [9.17, 15) is 4.79 Å². The van der Waals surface area contributed by atoms with E-state index in [2.05, 4.69) is 4.98 Å². The monoisotopic (exact) mass is 216 g/mol. The number of imidazole rings is 1. The average Bonchev–Trinajstić information content (AvgIpc) is 2.48. The third-order valence-electron chi connectivity index (χ3n) is 2.63. The molecule has 1 heterocycles. The fourth-order valence-electron chi connectivity index (χ4n) is 1.92. The zero-order valence-electron chi connectivity index (χ0n) is 7.93. The van der Waals surface area contributed by atoms with Gasteiger partial charge in [-0.1, -0.05) is 0 Å². The second-order valence-electron chi connectivity index (χ2n) is 3.47. The molecule has 1 aliphatic rings. The van der Waals surface area contributed by atoms with Gasteiger partial charge < -0.3 is 9.67 Å². The van der Waals surface area contributed by atoms with E-state index in [1.165, 1.54) is 0 Å². The summed E-state index contributed by atoms with van der Waals surface area (Å²) < 4.78 is 1.92. The summed E-state index contributed by atoms with van der Waals surface area (Å²) in [7, 11) is 1.91. The fraction of sp³-hybridized carbons (Fsp3) is 0.556. The Bertz CT molecular complexity index is 349. The number of carboxylic acids is 1. The van der Waals surface area contributed by atoms with Gasteiger partial charge in [0.2, 0.25) is 0 Å². The topological polar surface area (TPSA) is 55.1 Å². The van der Waals surface area contributed by atoms with Crippen molar-refractivity contribution in [3.05, 3.63) is 17.7 Å². The van der Waals surface area contributed by atoms with Gasteiger partial charge in [0, 0.05) is 12.7 Å². The molecule has 1 unspecified atom stereocenters. The van der Waals surface area contributed by atoms with E-state index in [1.807, 2.05) is 11.6 Å². The molecule has 5 heteroatoms. The van der Waals surface area contributed by atoms with Crippen molar-refractivity contribution in [2.24, 2.45) is 7.05 Å². The molecule has 1 aromatic heterocycles. The molecule has 0 saturated heterocycles. The first kappa shape index (κ1) is 11.0. The van der Waals surface area contributed by atoms with Gasteiger partial charge in [0.05, 0.1) is 12.0 Å². The number of aryl methyl sites for hydroxylation is 1. The van der Waals surface area contributed by atoms with Gasteiger partial charge in [-0.15, -0.1) is 12.4 Å². The first-order valence-electron chi connectivity index (χ1n) is 4.43. The van der Waals surface area contributed by atoms with Crippen molar-refractivity contribution in [2.45, 2.75) is 25.2 Å². The lowest BCUT2D eigenvalue weighted by Crippen LogP contribution is -2.18. The van der Waals surface area contributed by atoms with Crippen LogP contribution >= 0.6 is 12.4 Å². The molecule has 0 amide bonds. The molecule has 0 spiro atoms. The second-order valence-corrected chi connectivity index (χ2v) is 3.47. The van der Waals surface area contributed by atoms with Gasteiger partial charge in [0.15, 0.2) is 0 Å². The van der Waals surface area contributed by atoms with E-state index in [-0.39, 0.29) is 18.3 Å².